The van der Waals surface area contributed by atoms with Crippen LogP contribution >= 0.6 is 0 Å². The molecule has 0 bridgehead atoms. The molecule has 0 saturated heterocycles. The Morgan fingerprint density at radius 3 is 2.74 bits per heavy atom. The quantitative estimate of drug-likeness (QED) is 0.866. The molecular weight excluding hydrogens is 242 g/mol. The molecule has 0 unspecified atom stereocenters. The molecule has 1 aromatic carbocycles. The summed E-state index contributed by atoms with van der Waals surface area (Å²) in [7, 11) is 1.64. The maximum Gasteiger partial charge on any atom is 0.226 e. The molecule has 1 aromatic heterocycles. The Morgan fingerprint density at radius 1 is 1.32 bits per heavy atom. The number of nitrogens with one attached hydrogen (secondary N) is 2. The smallest absolute Gasteiger partial charge is 0.226 e. The van der Waals surface area contributed by atoms with Gasteiger partial charge in [-0.3, -0.25) is 9.89 Å². The lowest BCUT2D eigenvalue weighted by molar-refractivity contribution is -0.116. The molecule has 1 amide bonds. The van der Waals surface area contributed by atoms with Gasteiger partial charge in [-0.15, -0.1) is 0 Å². The van der Waals surface area contributed by atoms with Gasteiger partial charge < -0.3 is 10.1 Å². The minimum atomic E-state index is -0.000168. The minimum absolute atomic E-state index is 0.000168. The number of carbonyl (C=O) groups excluding carboxylic acids is 1. The number of amides is 1. The van der Waals surface area contributed by atoms with Crippen molar-refractivity contribution in [2.24, 2.45) is 0 Å². The number of hydrogen-bond donors (Lipinski definition) is 2. The summed E-state index contributed by atoms with van der Waals surface area (Å²) in [6.07, 6.45) is 0.444. The molecule has 5 heteroatoms. The van der Waals surface area contributed by atoms with Gasteiger partial charge in [-0.25, -0.2) is 0 Å². The molecule has 0 fully saturated rings. The number of fused-ring (bicyclic) bond motifs is 1. The standard InChI is InChI=1S/C14H15N3O2/c1-8-13-11(7-12(18)15-14(13)17-16-8)9-3-5-10(19-2)6-4-9/h3-6,11H,7H2,1-2H3,(H2,15,16,17,18)/t11-/m0/s1. The van der Waals surface area contributed by atoms with Crippen LogP contribution in [0.2, 0.25) is 0 Å². The van der Waals surface area contributed by atoms with Gasteiger partial charge in [0.2, 0.25) is 5.91 Å². The van der Waals surface area contributed by atoms with Gasteiger partial charge in [0.1, 0.15) is 5.75 Å². The number of hydrogen-bond acceptors (Lipinski definition) is 3. The summed E-state index contributed by atoms with van der Waals surface area (Å²) >= 11 is 0. The van der Waals surface area contributed by atoms with Crippen molar-refractivity contribution >= 4 is 11.7 Å². The van der Waals surface area contributed by atoms with Gasteiger partial charge in [0.15, 0.2) is 5.82 Å². The third-order valence-corrected chi connectivity index (χ3v) is 3.51. The second-order valence-electron chi connectivity index (χ2n) is 4.69. The first kappa shape index (κ1) is 11.8. The summed E-state index contributed by atoms with van der Waals surface area (Å²) in [6, 6.07) is 7.82. The van der Waals surface area contributed by atoms with Crippen molar-refractivity contribution < 1.29 is 9.53 Å². The Bertz CT molecular complexity index is 616. The molecule has 1 aliphatic heterocycles. The van der Waals surface area contributed by atoms with E-state index < -0.39 is 0 Å². The SMILES string of the molecule is COc1ccc([C@@H]2CC(=O)Nc3n[nH]c(C)c32)cc1. The lowest BCUT2D eigenvalue weighted by atomic mass is 9.86. The lowest BCUT2D eigenvalue weighted by Crippen LogP contribution is -2.23. The number of aromatic amines is 1. The van der Waals surface area contributed by atoms with Crippen LogP contribution in [0.1, 0.15) is 29.2 Å². The Hall–Kier alpha value is -2.30. The molecule has 3 rings (SSSR count). The molecule has 2 heterocycles. The number of anilines is 1. The number of benzene rings is 1. The summed E-state index contributed by atoms with van der Waals surface area (Å²) in [4.78, 5) is 11.8. The first-order valence-electron chi connectivity index (χ1n) is 6.17. The van der Waals surface area contributed by atoms with Gasteiger partial charge >= 0.3 is 0 Å². The fourth-order valence-corrected chi connectivity index (χ4v) is 2.55. The number of ether oxygens (including phenoxy) is 1. The van der Waals surface area contributed by atoms with Gasteiger partial charge in [0, 0.05) is 23.6 Å². The molecule has 0 aliphatic carbocycles. The van der Waals surface area contributed by atoms with E-state index in [9.17, 15) is 4.79 Å². The van der Waals surface area contributed by atoms with Crippen LogP contribution in [0.15, 0.2) is 24.3 Å². The number of methoxy groups -OCH3 is 1. The van der Waals surface area contributed by atoms with Crippen LogP contribution in [0.25, 0.3) is 0 Å². The van der Waals surface area contributed by atoms with Crippen LogP contribution in [-0.4, -0.2) is 23.2 Å². The van der Waals surface area contributed by atoms with Gasteiger partial charge in [-0.1, -0.05) is 12.1 Å². The highest BCUT2D eigenvalue weighted by Crippen LogP contribution is 2.38. The van der Waals surface area contributed by atoms with E-state index in [4.69, 9.17) is 4.74 Å². The molecule has 2 aromatic rings. The molecule has 0 radical (unpaired) electrons. The Morgan fingerprint density at radius 2 is 2.05 bits per heavy atom. The summed E-state index contributed by atoms with van der Waals surface area (Å²) in [5.74, 6) is 1.51. The van der Waals surface area contributed by atoms with E-state index in [1.807, 2.05) is 31.2 Å². The lowest BCUT2D eigenvalue weighted by Gasteiger charge is -2.23. The van der Waals surface area contributed by atoms with Gasteiger partial charge in [-0.05, 0) is 24.6 Å². The predicted molar refractivity (Wildman–Crippen MR) is 71.4 cm³/mol. The van der Waals surface area contributed by atoms with Crippen molar-refractivity contribution in [2.75, 3.05) is 12.4 Å². The highest BCUT2D eigenvalue weighted by atomic mass is 16.5. The zero-order valence-corrected chi connectivity index (χ0v) is 10.9. The number of H-pyrrole nitrogens is 1. The predicted octanol–water partition coefficient (Wildman–Crippen LogP) is 2.20. The average molecular weight is 257 g/mol. The summed E-state index contributed by atoms with van der Waals surface area (Å²) < 4.78 is 5.16. The zero-order chi connectivity index (χ0) is 13.4. The van der Waals surface area contributed by atoms with Crippen LogP contribution in [0.3, 0.4) is 0 Å². The molecule has 98 valence electrons. The van der Waals surface area contributed by atoms with Crippen molar-refractivity contribution in [3.63, 3.8) is 0 Å². The number of nitrogens with zero attached hydrogens (tertiary/aromatic N) is 1. The second kappa shape index (κ2) is 4.42. The number of aromatic nitrogens is 2. The van der Waals surface area contributed by atoms with Crippen LogP contribution in [0, 0.1) is 6.92 Å². The maximum absolute atomic E-state index is 11.8. The Labute approximate surface area is 111 Å². The summed E-state index contributed by atoms with van der Waals surface area (Å²) in [5.41, 5.74) is 3.17. The maximum atomic E-state index is 11.8. The third-order valence-electron chi connectivity index (χ3n) is 3.51. The Kier molecular flexibility index (Phi) is 2.74. The molecule has 0 spiro atoms. The topological polar surface area (TPSA) is 67.0 Å². The van der Waals surface area contributed by atoms with Crippen LogP contribution in [-0.2, 0) is 4.79 Å². The molecule has 5 nitrogen and oxygen atoms in total. The van der Waals surface area contributed by atoms with Gasteiger partial charge in [0.05, 0.1) is 7.11 Å². The van der Waals surface area contributed by atoms with Crippen molar-refractivity contribution in [3.05, 3.63) is 41.1 Å². The third kappa shape index (κ3) is 1.97. The molecule has 2 N–H and O–H groups in total. The monoisotopic (exact) mass is 257 g/mol. The van der Waals surface area contributed by atoms with Crippen molar-refractivity contribution in [1.29, 1.82) is 0 Å². The summed E-state index contributed by atoms with van der Waals surface area (Å²) in [6.45, 7) is 1.97. The van der Waals surface area contributed by atoms with E-state index in [2.05, 4.69) is 15.5 Å². The van der Waals surface area contributed by atoms with E-state index in [1.165, 1.54) is 0 Å². The van der Waals surface area contributed by atoms with E-state index >= 15 is 0 Å². The van der Waals surface area contributed by atoms with Gasteiger partial charge in [-0.2, -0.15) is 5.10 Å². The molecule has 1 aliphatic rings. The fourth-order valence-electron chi connectivity index (χ4n) is 2.55. The minimum Gasteiger partial charge on any atom is -0.497 e. The van der Waals surface area contributed by atoms with E-state index in [0.29, 0.717) is 12.2 Å². The van der Waals surface area contributed by atoms with E-state index in [-0.39, 0.29) is 11.8 Å². The van der Waals surface area contributed by atoms with Crippen LogP contribution in [0.5, 0.6) is 5.75 Å². The molecular formula is C14H15N3O2. The highest BCUT2D eigenvalue weighted by molar-refractivity contribution is 5.94. The number of carbonyl (C=O) groups is 1. The van der Waals surface area contributed by atoms with Crippen molar-refractivity contribution in [1.82, 2.24) is 10.2 Å². The van der Waals surface area contributed by atoms with Crippen LogP contribution < -0.4 is 10.1 Å². The first-order valence-corrected chi connectivity index (χ1v) is 6.17. The van der Waals surface area contributed by atoms with Gasteiger partial charge in [0.25, 0.3) is 0 Å². The van der Waals surface area contributed by atoms with E-state index in [0.717, 1.165) is 22.6 Å². The average Bonchev–Trinajstić information content (AvgIpc) is 2.79. The highest BCUT2D eigenvalue weighted by Gasteiger charge is 2.30. The fraction of sp³-hybridized carbons (Fsp3) is 0.286. The second-order valence-corrected chi connectivity index (χ2v) is 4.69. The van der Waals surface area contributed by atoms with Crippen LogP contribution in [0.4, 0.5) is 5.82 Å². The zero-order valence-electron chi connectivity index (χ0n) is 10.9. The van der Waals surface area contributed by atoms with E-state index in [1.54, 1.807) is 7.11 Å². The Balaban J connectivity index is 2.04. The largest absolute Gasteiger partial charge is 0.497 e. The summed E-state index contributed by atoms with van der Waals surface area (Å²) in [5, 5.41) is 9.86. The molecule has 0 saturated carbocycles. The number of rotatable bonds is 2. The normalized spacial score (nSPS) is 17.8. The van der Waals surface area contributed by atoms with Crippen molar-refractivity contribution in [2.45, 2.75) is 19.3 Å². The molecule has 19 heavy (non-hydrogen) atoms. The van der Waals surface area contributed by atoms with Crippen molar-refractivity contribution in [3.8, 4) is 5.75 Å². The first-order chi connectivity index (χ1) is 9.19. The number of aryl methyl sites for hydroxylation is 1. The molecule has 1 atom stereocenters.